The molecule has 2 N–H and O–H groups in total. The number of aliphatic imine (C=N–C) groups is 1. The van der Waals surface area contributed by atoms with Crippen LogP contribution in [0.2, 0.25) is 0 Å². The highest BCUT2D eigenvalue weighted by Crippen LogP contribution is 2.32. The Hall–Kier alpha value is -4.34. The van der Waals surface area contributed by atoms with Gasteiger partial charge in [-0.3, -0.25) is 28.5 Å². The van der Waals surface area contributed by atoms with Gasteiger partial charge in [-0.2, -0.15) is 0 Å². The van der Waals surface area contributed by atoms with E-state index in [0.29, 0.717) is 17.6 Å². The first-order valence-electron chi connectivity index (χ1n) is 10.7. The van der Waals surface area contributed by atoms with E-state index in [-0.39, 0.29) is 17.8 Å². The summed E-state index contributed by atoms with van der Waals surface area (Å²) in [6.45, 7) is 0.188. The van der Waals surface area contributed by atoms with Crippen molar-refractivity contribution >= 4 is 28.6 Å². The maximum atomic E-state index is 12.5. The molecule has 2 aromatic carbocycles. The van der Waals surface area contributed by atoms with Crippen LogP contribution >= 0.6 is 0 Å². The molecule has 34 heavy (non-hydrogen) atoms. The smallest absolute Gasteiger partial charge is 0.331 e. The van der Waals surface area contributed by atoms with Gasteiger partial charge < -0.3 is 10.0 Å². The van der Waals surface area contributed by atoms with Crippen molar-refractivity contribution in [3.8, 4) is 5.88 Å². The van der Waals surface area contributed by atoms with Crippen LogP contribution in [0.3, 0.4) is 0 Å². The molecule has 10 nitrogen and oxygen atoms in total. The number of aryl methyl sites for hydroxylation is 3. The van der Waals surface area contributed by atoms with Crippen molar-refractivity contribution < 1.29 is 5.11 Å². The Bertz CT molecular complexity index is 1570. The van der Waals surface area contributed by atoms with Gasteiger partial charge in [0, 0.05) is 41.0 Å². The molecule has 0 spiro atoms. The van der Waals surface area contributed by atoms with E-state index in [4.69, 9.17) is 0 Å². The standard InChI is InChI=1S/C24H26N6O4/c1-27(2)18-13-20-19(28(3)24(34)29(20)4)12-17(18)25-14-16-21(31)26-23(33)30(22(16)32)11-10-15-8-6-5-7-9-15/h5-9,12-14,32H,10-11H2,1-4H3,(H,26,31,33). The summed E-state index contributed by atoms with van der Waals surface area (Å²) >= 11 is 0. The zero-order chi connectivity index (χ0) is 24.6. The highest BCUT2D eigenvalue weighted by molar-refractivity contribution is 5.91. The Morgan fingerprint density at radius 1 is 1.03 bits per heavy atom. The summed E-state index contributed by atoms with van der Waals surface area (Å²) in [5.74, 6) is -0.451. The Morgan fingerprint density at radius 3 is 2.32 bits per heavy atom. The quantitative estimate of drug-likeness (QED) is 0.421. The number of H-pyrrole nitrogens is 1. The molecule has 0 fully saturated rings. The number of anilines is 1. The van der Waals surface area contributed by atoms with Gasteiger partial charge in [0.15, 0.2) is 0 Å². The third-order valence-electron chi connectivity index (χ3n) is 5.86. The topological polar surface area (TPSA) is 118 Å². The fraction of sp³-hybridized carbons (Fsp3) is 0.250. The predicted octanol–water partition coefficient (Wildman–Crippen LogP) is 1.49. The lowest BCUT2D eigenvalue weighted by Crippen LogP contribution is -2.32. The van der Waals surface area contributed by atoms with Crippen LogP contribution in [0.25, 0.3) is 11.0 Å². The number of aromatic nitrogens is 4. The third kappa shape index (κ3) is 4.05. The van der Waals surface area contributed by atoms with E-state index in [0.717, 1.165) is 21.3 Å². The highest BCUT2D eigenvalue weighted by atomic mass is 16.3. The minimum atomic E-state index is -0.734. The number of nitrogens with one attached hydrogen (secondary N) is 1. The summed E-state index contributed by atoms with van der Waals surface area (Å²) in [6.07, 6.45) is 1.74. The molecule has 0 bridgehead atoms. The van der Waals surface area contributed by atoms with Gasteiger partial charge in [-0.1, -0.05) is 30.3 Å². The van der Waals surface area contributed by atoms with E-state index in [1.54, 1.807) is 24.7 Å². The molecule has 2 aromatic heterocycles. The SMILES string of the molecule is CN(C)c1cc2c(cc1N=Cc1c(O)n(CCc3ccccc3)c(=O)[nH]c1=O)n(C)c(=O)n2C. The van der Waals surface area contributed by atoms with Crippen molar-refractivity contribution in [1.82, 2.24) is 18.7 Å². The maximum Gasteiger partial charge on any atom is 0.331 e. The summed E-state index contributed by atoms with van der Waals surface area (Å²) < 4.78 is 4.18. The number of aromatic amines is 1. The molecule has 0 unspecified atom stereocenters. The second-order valence-corrected chi connectivity index (χ2v) is 8.27. The van der Waals surface area contributed by atoms with Crippen LogP contribution < -0.4 is 21.8 Å². The van der Waals surface area contributed by atoms with E-state index in [9.17, 15) is 19.5 Å². The van der Waals surface area contributed by atoms with Gasteiger partial charge in [0.1, 0.15) is 5.56 Å². The molecule has 0 atom stereocenters. The number of benzene rings is 2. The number of imidazole rings is 1. The summed E-state index contributed by atoms with van der Waals surface area (Å²) in [5.41, 5.74) is 1.92. The molecular weight excluding hydrogens is 436 g/mol. The van der Waals surface area contributed by atoms with Gasteiger partial charge in [0.2, 0.25) is 5.88 Å². The van der Waals surface area contributed by atoms with Crippen LogP contribution in [-0.4, -0.2) is 44.1 Å². The molecule has 0 saturated heterocycles. The number of aromatic hydroxyl groups is 1. The predicted molar refractivity (Wildman–Crippen MR) is 133 cm³/mol. The fourth-order valence-corrected chi connectivity index (χ4v) is 3.90. The normalized spacial score (nSPS) is 11.5. The molecule has 2 heterocycles. The summed E-state index contributed by atoms with van der Waals surface area (Å²) in [5, 5.41) is 10.7. The molecule has 0 radical (unpaired) electrons. The monoisotopic (exact) mass is 462 g/mol. The number of rotatable bonds is 6. The molecule has 176 valence electrons. The average molecular weight is 463 g/mol. The molecular formula is C24H26N6O4. The van der Waals surface area contributed by atoms with Crippen molar-refractivity contribution in [3.63, 3.8) is 0 Å². The van der Waals surface area contributed by atoms with Crippen LogP contribution in [0.5, 0.6) is 5.88 Å². The van der Waals surface area contributed by atoms with Crippen molar-refractivity contribution in [1.29, 1.82) is 0 Å². The second kappa shape index (κ2) is 8.89. The Balaban J connectivity index is 1.77. The van der Waals surface area contributed by atoms with Gasteiger partial charge in [-0.05, 0) is 24.1 Å². The zero-order valence-corrected chi connectivity index (χ0v) is 19.4. The number of fused-ring (bicyclic) bond motifs is 1. The largest absolute Gasteiger partial charge is 0.494 e. The highest BCUT2D eigenvalue weighted by Gasteiger charge is 2.15. The summed E-state index contributed by atoms with van der Waals surface area (Å²) in [4.78, 5) is 45.7. The Labute approximate surface area is 194 Å². The van der Waals surface area contributed by atoms with Crippen LogP contribution in [0, 0.1) is 0 Å². The van der Waals surface area contributed by atoms with Gasteiger partial charge in [0.05, 0.1) is 22.4 Å². The van der Waals surface area contributed by atoms with Crippen molar-refractivity contribution in [2.24, 2.45) is 19.1 Å². The first kappa shape index (κ1) is 22.8. The number of nitrogens with zero attached hydrogens (tertiary/aromatic N) is 5. The lowest BCUT2D eigenvalue weighted by atomic mass is 10.1. The second-order valence-electron chi connectivity index (χ2n) is 8.27. The third-order valence-corrected chi connectivity index (χ3v) is 5.86. The van der Waals surface area contributed by atoms with Crippen LogP contribution in [0.4, 0.5) is 11.4 Å². The average Bonchev–Trinajstić information content (AvgIpc) is 3.02. The molecule has 0 aliphatic carbocycles. The van der Waals surface area contributed by atoms with Crippen LogP contribution in [0.15, 0.2) is 61.8 Å². The lowest BCUT2D eigenvalue weighted by Gasteiger charge is -2.16. The molecule has 10 heteroatoms. The lowest BCUT2D eigenvalue weighted by molar-refractivity contribution is 0.399. The van der Waals surface area contributed by atoms with Gasteiger partial charge in [-0.25, -0.2) is 9.59 Å². The van der Waals surface area contributed by atoms with Crippen LogP contribution in [-0.2, 0) is 27.1 Å². The van der Waals surface area contributed by atoms with E-state index in [2.05, 4.69) is 9.98 Å². The first-order chi connectivity index (χ1) is 16.2. The van der Waals surface area contributed by atoms with E-state index < -0.39 is 17.1 Å². The van der Waals surface area contributed by atoms with E-state index in [1.165, 1.54) is 10.8 Å². The molecule has 4 aromatic rings. The molecule has 0 amide bonds. The van der Waals surface area contributed by atoms with Crippen molar-refractivity contribution in [2.45, 2.75) is 13.0 Å². The molecule has 0 aliphatic rings. The zero-order valence-electron chi connectivity index (χ0n) is 19.4. The van der Waals surface area contributed by atoms with Crippen LogP contribution in [0.1, 0.15) is 11.1 Å². The van der Waals surface area contributed by atoms with Crippen molar-refractivity contribution in [2.75, 3.05) is 19.0 Å². The minimum absolute atomic E-state index is 0.126. The van der Waals surface area contributed by atoms with E-state index >= 15 is 0 Å². The first-order valence-corrected chi connectivity index (χ1v) is 10.7. The summed E-state index contributed by atoms with van der Waals surface area (Å²) in [7, 11) is 7.06. The minimum Gasteiger partial charge on any atom is -0.494 e. The number of hydrogen-bond donors (Lipinski definition) is 2. The Morgan fingerprint density at radius 2 is 1.68 bits per heavy atom. The fourth-order valence-electron chi connectivity index (χ4n) is 3.90. The van der Waals surface area contributed by atoms with Crippen molar-refractivity contribution in [3.05, 3.63) is 84.9 Å². The molecule has 0 saturated carbocycles. The molecule has 4 rings (SSSR count). The Kier molecular flexibility index (Phi) is 5.97. The van der Waals surface area contributed by atoms with E-state index in [1.807, 2.05) is 55.4 Å². The maximum absolute atomic E-state index is 12.5. The van der Waals surface area contributed by atoms with Gasteiger partial charge in [-0.15, -0.1) is 0 Å². The van der Waals surface area contributed by atoms with Gasteiger partial charge >= 0.3 is 11.4 Å². The van der Waals surface area contributed by atoms with Gasteiger partial charge in [0.25, 0.3) is 5.56 Å². The number of hydrogen-bond acceptors (Lipinski definition) is 6. The molecule has 0 aliphatic heterocycles. The summed E-state index contributed by atoms with van der Waals surface area (Å²) in [6, 6.07) is 13.1.